The predicted molar refractivity (Wildman–Crippen MR) is 152 cm³/mol. The Balaban J connectivity index is 1.52. The highest BCUT2D eigenvalue weighted by Gasteiger charge is 2.27. The molecule has 2 aliphatic rings. The van der Waals surface area contributed by atoms with Gasteiger partial charge in [0.25, 0.3) is 0 Å². The van der Waals surface area contributed by atoms with Gasteiger partial charge in [-0.15, -0.1) is 0 Å². The molecule has 3 nitrogen and oxygen atoms in total. The summed E-state index contributed by atoms with van der Waals surface area (Å²) in [5, 5.41) is 0. The van der Waals surface area contributed by atoms with Crippen molar-refractivity contribution in [1.82, 2.24) is 4.57 Å². The molecule has 1 aromatic heterocycles. The molecule has 2 aliphatic carbocycles. The van der Waals surface area contributed by atoms with Crippen LogP contribution in [0.3, 0.4) is 0 Å². The number of aliphatic imine (C=N–C) groups is 1. The minimum Gasteiger partial charge on any atom is -0.497 e. The Hall–Kier alpha value is -3.50. The van der Waals surface area contributed by atoms with E-state index >= 15 is 0 Å². The van der Waals surface area contributed by atoms with Crippen molar-refractivity contribution < 1.29 is 4.74 Å². The van der Waals surface area contributed by atoms with E-state index in [9.17, 15) is 0 Å². The van der Waals surface area contributed by atoms with E-state index in [2.05, 4.69) is 90.5 Å². The first kappa shape index (κ1) is 22.9. The number of methoxy groups -OCH3 is 1. The van der Waals surface area contributed by atoms with E-state index in [0.29, 0.717) is 6.04 Å². The molecule has 0 radical (unpaired) electrons. The zero-order valence-electron chi connectivity index (χ0n) is 20.8. The molecule has 6 rings (SSSR count). The Morgan fingerprint density at radius 2 is 1.67 bits per heavy atom. The monoisotopic (exact) mass is 490 g/mol. The van der Waals surface area contributed by atoms with Crippen molar-refractivity contribution in [3.05, 3.63) is 107 Å². The number of benzene rings is 3. The van der Waals surface area contributed by atoms with Gasteiger partial charge in [0.1, 0.15) is 5.75 Å². The smallest absolute Gasteiger partial charge is 0.119 e. The van der Waals surface area contributed by atoms with Crippen LogP contribution in [0.4, 0.5) is 0 Å². The van der Waals surface area contributed by atoms with E-state index < -0.39 is 0 Å². The molecule has 0 N–H and O–H groups in total. The third-order valence-electron chi connectivity index (χ3n) is 6.90. The minimum absolute atomic E-state index is 0.522. The fourth-order valence-corrected chi connectivity index (χ4v) is 5.85. The van der Waals surface area contributed by atoms with Gasteiger partial charge in [-0.2, -0.15) is 0 Å². The van der Waals surface area contributed by atoms with Crippen molar-refractivity contribution in [3.63, 3.8) is 0 Å². The first-order chi connectivity index (χ1) is 17.7. The summed E-state index contributed by atoms with van der Waals surface area (Å²) in [6.07, 6.45) is 6.59. The Labute approximate surface area is 217 Å². The summed E-state index contributed by atoms with van der Waals surface area (Å²) < 4.78 is 7.88. The molecule has 36 heavy (non-hydrogen) atoms. The van der Waals surface area contributed by atoms with Gasteiger partial charge in [-0.25, -0.2) is 0 Å². The van der Waals surface area contributed by atoms with Crippen LogP contribution in [-0.4, -0.2) is 23.9 Å². The second-order valence-electron chi connectivity index (χ2n) is 9.57. The number of rotatable bonds is 7. The van der Waals surface area contributed by atoms with E-state index in [4.69, 9.17) is 9.73 Å². The van der Waals surface area contributed by atoms with Crippen LogP contribution in [0.15, 0.2) is 100 Å². The van der Waals surface area contributed by atoms with Crippen molar-refractivity contribution in [2.24, 2.45) is 4.99 Å². The molecule has 1 fully saturated rings. The number of aromatic nitrogens is 1. The lowest BCUT2D eigenvalue weighted by atomic mass is 9.97. The number of ether oxygens (including phenoxy) is 1. The van der Waals surface area contributed by atoms with E-state index in [0.717, 1.165) is 24.3 Å². The minimum atomic E-state index is 0.522. The van der Waals surface area contributed by atoms with E-state index in [1.807, 2.05) is 23.9 Å². The van der Waals surface area contributed by atoms with Crippen molar-refractivity contribution in [1.29, 1.82) is 0 Å². The second kappa shape index (κ2) is 9.87. The molecular weight excluding hydrogens is 460 g/mol. The average molecular weight is 491 g/mol. The van der Waals surface area contributed by atoms with Crippen LogP contribution in [-0.2, 0) is 6.42 Å². The zero-order chi connectivity index (χ0) is 24.5. The lowest BCUT2D eigenvalue weighted by Gasteiger charge is -2.21. The Bertz CT molecular complexity index is 1430. The highest BCUT2D eigenvalue weighted by Crippen LogP contribution is 2.46. The van der Waals surface area contributed by atoms with Gasteiger partial charge in [-0.1, -0.05) is 59.8 Å². The molecule has 0 amide bonds. The number of fused-ring (bicyclic) bond motifs is 1. The fraction of sp³-hybridized carbons (Fsp3) is 0.219. The first-order valence-corrected chi connectivity index (χ1v) is 13.5. The molecule has 1 saturated carbocycles. The summed E-state index contributed by atoms with van der Waals surface area (Å²) in [7, 11) is 1.71. The summed E-state index contributed by atoms with van der Waals surface area (Å²) in [6, 6.07) is 30.9. The molecule has 180 valence electrons. The van der Waals surface area contributed by atoms with Crippen LogP contribution in [0.5, 0.6) is 5.75 Å². The third-order valence-corrected chi connectivity index (χ3v) is 8.09. The van der Waals surface area contributed by atoms with Gasteiger partial charge in [0, 0.05) is 33.0 Å². The highest BCUT2D eigenvalue weighted by molar-refractivity contribution is 8.08. The van der Waals surface area contributed by atoms with Crippen LogP contribution in [0.2, 0.25) is 0 Å². The number of allylic oxidation sites excluding steroid dienone is 1. The van der Waals surface area contributed by atoms with Gasteiger partial charge < -0.3 is 9.30 Å². The van der Waals surface area contributed by atoms with Gasteiger partial charge in [0.15, 0.2) is 0 Å². The Morgan fingerprint density at radius 3 is 2.36 bits per heavy atom. The SMILES string of the molecule is COc1ccc(-n2c(-c3ccccc3)cc3c2CCC(C=NC2CC2)=C3Sc2ccc(C)cc2)cc1. The second-order valence-corrected chi connectivity index (χ2v) is 10.7. The fourth-order valence-electron chi connectivity index (χ4n) is 4.77. The largest absolute Gasteiger partial charge is 0.497 e. The maximum absolute atomic E-state index is 5.44. The summed E-state index contributed by atoms with van der Waals surface area (Å²) in [5.74, 6) is 0.870. The molecule has 0 saturated heterocycles. The molecule has 1 heterocycles. The Kier molecular flexibility index (Phi) is 6.28. The summed E-state index contributed by atoms with van der Waals surface area (Å²) in [5.41, 5.74) is 8.90. The average Bonchev–Trinajstić information content (AvgIpc) is 3.67. The third kappa shape index (κ3) is 4.66. The van der Waals surface area contributed by atoms with E-state index in [1.54, 1.807) is 7.11 Å². The summed E-state index contributed by atoms with van der Waals surface area (Å²) in [6.45, 7) is 2.14. The van der Waals surface area contributed by atoms with Crippen LogP contribution in [0.25, 0.3) is 21.8 Å². The molecule has 4 aromatic rings. The molecule has 0 unspecified atom stereocenters. The van der Waals surface area contributed by atoms with Crippen LogP contribution >= 0.6 is 11.8 Å². The van der Waals surface area contributed by atoms with Crippen LogP contribution < -0.4 is 4.74 Å². The summed E-state index contributed by atoms with van der Waals surface area (Å²) >= 11 is 1.87. The molecule has 4 heteroatoms. The highest BCUT2D eigenvalue weighted by atomic mass is 32.2. The van der Waals surface area contributed by atoms with Gasteiger partial charge in [-0.05, 0) is 86.2 Å². The van der Waals surface area contributed by atoms with E-state index in [1.165, 1.54) is 56.3 Å². The molecule has 0 aliphatic heterocycles. The molecular formula is C32H30N2OS. The maximum atomic E-state index is 5.44. The maximum Gasteiger partial charge on any atom is 0.119 e. The number of hydrogen-bond acceptors (Lipinski definition) is 3. The van der Waals surface area contributed by atoms with E-state index in [-0.39, 0.29) is 0 Å². The topological polar surface area (TPSA) is 26.5 Å². The number of nitrogens with zero attached hydrogens (tertiary/aromatic N) is 2. The number of thioether (sulfide) groups is 1. The van der Waals surface area contributed by atoms with Gasteiger partial charge >= 0.3 is 0 Å². The molecule has 0 bridgehead atoms. The number of hydrogen-bond donors (Lipinski definition) is 0. The van der Waals surface area contributed by atoms with Crippen LogP contribution in [0, 0.1) is 6.92 Å². The lowest BCUT2D eigenvalue weighted by Crippen LogP contribution is -2.09. The van der Waals surface area contributed by atoms with Crippen molar-refractivity contribution in [3.8, 4) is 22.7 Å². The zero-order valence-corrected chi connectivity index (χ0v) is 21.6. The summed E-state index contributed by atoms with van der Waals surface area (Å²) in [4.78, 5) is 7.48. The predicted octanol–water partition coefficient (Wildman–Crippen LogP) is 8.14. The first-order valence-electron chi connectivity index (χ1n) is 12.7. The van der Waals surface area contributed by atoms with Gasteiger partial charge in [0.05, 0.1) is 18.8 Å². The quantitative estimate of drug-likeness (QED) is 0.244. The Morgan fingerprint density at radius 1 is 0.917 bits per heavy atom. The van der Waals surface area contributed by atoms with Crippen LogP contribution in [0.1, 0.15) is 36.1 Å². The normalized spacial score (nSPS) is 15.4. The molecule has 0 atom stereocenters. The standard InChI is InChI=1S/C32H30N2OS/c1-22-8-17-28(18-9-22)36-32-24(21-33-25-11-12-25)10-19-30-29(32)20-31(23-6-4-3-5-7-23)34(30)26-13-15-27(35-2)16-14-26/h3-9,13-18,20-21,25H,10-12,19H2,1-2H3. The molecule has 0 spiro atoms. The number of aryl methyl sites for hydroxylation is 1. The lowest BCUT2D eigenvalue weighted by molar-refractivity contribution is 0.414. The van der Waals surface area contributed by atoms with Crippen molar-refractivity contribution >= 4 is 22.9 Å². The van der Waals surface area contributed by atoms with Gasteiger partial charge in [-0.3, -0.25) is 4.99 Å². The molecule has 3 aromatic carbocycles. The van der Waals surface area contributed by atoms with Crippen molar-refractivity contribution in [2.75, 3.05) is 7.11 Å². The van der Waals surface area contributed by atoms with Gasteiger partial charge in [0.2, 0.25) is 0 Å². The van der Waals surface area contributed by atoms with Crippen molar-refractivity contribution in [2.45, 2.75) is 43.5 Å².